The monoisotopic (exact) mass is 1110 g/mol. The Morgan fingerprint density at radius 3 is 0.667 bits per heavy atom. The third-order valence-electron chi connectivity index (χ3n) is 10.9. The summed E-state index contributed by atoms with van der Waals surface area (Å²) in [7, 11) is 0. The molecule has 0 saturated carbocycles. The van der Waals surface area contributed by atoms with Gasteiger partial charge in [-0.05, 0) is 93.0 Å². The average Bonchev–Trinajstić information content (AvgIpc) is 3.98. The van der Waals surface area contributed by atoms with Gasteiger partial charge < -0.3 is 30.4 Å². The molecule has 5 heterocycles. The number of hydrogen-bond acceptors (Lipinski definition) is 6. The quantitative estimate of drug-likeness (QED) is 0.105. The molecule has 1 radical (unpaired) electrons. The van der Waals surface area contributed by atoms with Crippen molar-refractivity contribution in [1.82, 2.24) is 19.9 Å². The average molecular weight is 1120 g/mol. The zero-order valence-corrected chi connectivity index (χ0v) is 41.1. The van der Waals surface area contributed by atoms with Gasteiger partial charge in [0.25, 0.3) is 0 Å². The maximum atomic E-state index is 12.0. The van der Waals surface area contributed by atoms with Crippen LogP contribution in [-0.4, -0.2) is 54.3 Å². The molecule has 4 aromatic carbocycles. The van der Waals surface area contributed by atoms with Crippen LogP contribution < -0.4 is 9.97 Å². The molecule has 0 amide bonds. The number of benzene rings is 4. The largest absolute Gasteiger partial charge is 2.00 e. The Morgan fingerprint density at radius 2 is 0.507 bits per heavy atom. The molecule has 2 aliphatic rings. The smallest absolute Gasteiger partial charge is 0.654 e. The van der Waals surface area contributed by atoms with Crippen LogP contribution in [0, 0.1) is 0 Å². The van der Waals surface area contributed by atoms with Crippen molar-refractivity contribution < 1.29 is 56.7 Å². The van der Waals surface area contributed by atoms with Crippen LogP contribution in [0.4, 0.5) is 0 Å². The number of halogens is 8. The van der Waals surface area contributed by atoms with Crippen molar-refractivity contribution in [3.63, 3.8) is 0 Å². The van der Waals surface area contributed by atoms with Crippen molar-refractivity contribution in [1.29, 1.82) is 0 Å². The molecule has 8 bridgehead atoms. The van der Waals surface area contributed by atoms with E-state index in [2.05, 4.69) is 0 Å². The van der Waals surface area contributed by atoms with Crippen molar-refractivity contribution in [2.75, 3.05) is 0 Å². The minimum atomic E-state index is -1.21. The van der Waals surface area contributed by atoms with Crippen LogP contribution in [-0.2, 0) is 17.1 Å². The predicted octanol–water partition coefficient (Wildman–Crippen LogP) is 14.3. The van der Waals surface area contributed by atoms with Gasteiger partial charge in [-0.2, -0.15) is 0 Å². The number of carboxylic acids is 4. The molecule has 0 spiro atoms. The number of nitrogens with zero attached hydrogens (tertiary/aromatic N) is 4. The Bertz CT molecular complexity index is 3180. The van der Waals surface area contributed by atoms with Crippen LogP contribution in [0.3, 0.4) is 0 Å². The Kier molecular flexibility index (Phi) is 13.8. The molecule has 0 fully saturated rings. The third-order valence-corrected chi connectivity index (χ3v) is 14.2. The van der Waals surface area contributed by atoms with Gasteiger partial charge in [0.05, 0.1) is 65.2 Å². The summed E-state index contributed by atoms with van der Waals surface area (Å²) in [5.41, 5.74) is 1.04. The molecule has 0 aliphatic carbocycles. The van der Waals surface area contributed by atoms with Crippen molar-refractivity contribution in [3.05, 3.63) is 162 Å². The van der Waals surface area contributed by atoms with Crippen LogP contribution in [0.1, 0.15) is 64.2 Å². The number of aromatic nitrogens is 4. The van der Waals surface area contributed by atoms with Crippen LogP contribution in [0.25, 0.3) is 86.7 Å². The molecule has 21 heteroatoms. The van der Waals surface area contributed by atoms with Crippen LogP contribution >= 0.6 is 92.8 Å². The van der Waals surface area contributed by atoms with E-state index < -0.39 is 23.9 Å². The number of aromatic carboxylic acids is 4. The minimum absolute atomic E-state index is 0. The Morgan fingerprint density at radius 1 is 0.333 bits per heavy atom. The zero-order chi connectivity index (χ0) is 48.6. The fraction of sp³-hybridized carbons (Fsp3) is 0. The van der Waals surface area contributed by atoms with E-state index in [1.54, 1.807) is 0 Å². The molecule has 9 rings (SSSR count). The van der Waals surface area contributed by atoms with E-state index in [0.29, 0.717) is 22.3 Å². The molecule has 2 aliphatic heterocycles. The van der Waals surface area contributed by atoms with Gasteiger partial charge in [0.2, 0.25) is 0 Å². The second-order valence-corrected chi connectivity index (χ2v) is 17.8. The second-order valence-electron chi connectivity index (χ2n) is 14.8. The summed E-state index contributed by atoms with van der Waals surface area (Å²) in [4.78, 5) is 68.0. The first kappa shape index (κ1) is 49.6. The molecule has 0 unspecified atom stereocenters. The second kappa shape index (κ2) is 19.2. The molecule has 7 aromatic rings. The maximum absolute atomic E-state index is 12.0. The van der Waals surface area contributed by atoms with Crippen LogP contribution in [0.15, 0.2) is 97.1 Å². The molecule has 12 nitrogen and oxygen atoms in total. The van der Waals surface area contributed by atoms with Crippen molar-refractivity contribution >= 4 is 159 Å². The molecule has 343 valence electrons. The standard InChI is InChI=1S/C48H22Cl8N4O8.Mn/c49-29-31(51)39-26(18-3-11-22(12-4-18)46(63)64)41-33(53)35(55)43(59-41)28(20-7-15-24(16-8-20)48(67)68)44-36(56)34(54)42(60-44)27(19-5-13-23(14-6-19)47(65)66)40-32(52)30(50)38(58-40)25(37(29)57-39)17-1-9-21(10-2-17)45(61)62;/h1-16H,(H6,57,58,59,60,61,62,63,64,65,66,67,68);/q;+2/p-2. The maximum Gasteiger partial charge on any atom is 2.00 e. The van der Waals surface area contributed by atoms with E-state index in [-0.39, 0.29) is 147 Å². The topological polar surface area (TPSA) is 203 Å². The van der Waals surface area contributed by atoms with Gasteiger partial charge in [0, 0.05) is 20.1 Å². The first-order valence-electron chi connectivity index (χ1n) is 19.3. The van der Waals surface area contributed by atoms with Crippen LogP contribution in [0.2, 0.25) is 20.1 Å². The molecule has 3 aromatic heterocycles. The van der Waals surface area contributed by atoms with Gasteiger partial charge in [-0.1, -0.05) is 141 Å². The Balaban J connectivity index is 0.00000642. The molecular weight excluding hydrogens is 1100 g/mol. The first-order chi connectivity index (χ1) is 32.4. The van der Waals surface area contributed by atoms with Gasteiger partial charge in [-0.3, -0.25) is 0 Å². The number of rotatable bonds is 8. The molecule has 0 saturated heterocycles. The number of fused-ring (bicyclic) bond motifs is 8. The summed E-state index contributed by atoms with van der Waals surface area (Å²) < 4.78 is 0. The van der Waals surface area contributed by atoms with E-state index in [1.807, 2.05) is 0 Å². The van der Waals surface area contributed by atoms with E-state index in [1.165, 1.54) is 97.1 Å². The summed E-state index contributed by atoms with van der Waals surface area (Å²) in [5, 5.41) is 38.0. The summed E-state index contributed by atoms with van der Waals surface area (Å²) in [6.07, 6.45) is 0. The summed E-state index contributed by atoms with van der Waals surface area (Å²) in [6.45, 7) is 0. The number of carbonyl (C=O) groups is 4. The first-order valence-corrected chi connectivity index (χ1v) is 22.3. The summed E-state index contributed by atoms with van der Waals surface area (Å²) >= 11 is 57.6. The van der Waals surface area contributed by atoms with Crippen LogP contribution in [0.5, 0.6) is 0 Å². The van der Waals surface area contributed by atoms with Crippen molar-refractivity contribution in [2.45, 2.75) is 0 Å². The number of hydrogen-bond donors (Lipinski definition) is 4. The van der Waals surface area contributed by atoms with E-state index >= 15 is 0 Å². The fourth-order valence-electron chi connectivity index (χ4n) is 7.66. The summed E-state index contributed by atoms with van der Waals surface area (Å²) in [5.74, 6) is -4.84. The van der Waals surface area contributed by atoms with Gasteiger partial charge in [0.1, 0.15) is 0 Å². The normalized spacial score (nSPS) is 12.3. The van der Waals surface area contributed by atoms with Gasteiger partial charge >= 0.3 is 40.9 Å². The fourth-order valence-corrected chi connectivity index (χ4v) is 9.47. The van der Waals surface area contributed by atoms with Crippen molar-refractivity contribution in [3.8, 4) is 44.5 Å². The van der Waals surface area contributed by atoms with E-state index in [9.17, 15) is 39.6 Å². The minimum Gasteiger partial charge on any atom is -0.654 e. The molecule has 4 N–H and O–H groups in total. The molecular formula is C48H20Cl8MnN4O8. The Hall–Kier alpha value is -5.80. The number of carboxylic acid groups (broad SMARTS) is 4. The third kappa shape index (κ3) is 8.57. The van der Waals surface area contributed by atoms with Gasteiger partial charge in [-0.15, -0.1) is 22.1 Å². The Labute approximate surface area is 438 Å². The van der Waals surface area contributed by atoms with Gasteiger partial charge in [0.15, 0.2) is 0 Å². The van der Waals surface area contributed by atoms with Gasteiger partial charge in [-0.25, -0.2) is 29.1 Å². The molecule has 0 atom stereocenters. The van der Waals surface area contributed by atoms with Crippen molar-refractivity contribution in [2.24, 2.45) is 0 Å². The SMILES string of the molecule is O=C(O)c1ccc(-c2c3nc(c(-c4ccc(C(=O)O)cc4)c4[n-]c(c(Cl)c4Cl)c(-c4ccc(C(=O)O)cc4)c4nc(c(-c5ccc(C(=O)O)cc5)c5[n-]c2c(Cl)c5Cl)C(Cl)=C4Cl)C(Cl)=C3Cl)cc1.[Mn+2]. The zero-order valence-electron chi connectivity index (χ0n) is 33.8. The predicted molar refractivity (Wildman–Crippen MR) is 266 cm³/mol. The summed E-state index contributed by atoms with van der Waals surface area (Å²) in [6, 6.07) is 22.5. The van der Waals surface area contributed by atoms with E-state index in [0.717, 1.165) is 0 Å². The molecule has 69 heavy (non-hydrogen) atoms. The van der Waals surface area contributed by atoms with E-state index in [4.69, 9.17) is 113 Å².